The maximum Gasteiger partial charge on any atom is 0.340 e. The minimum atomic E-state index is -0.547. The molecule has 0 bridgehead atoms. The van der Waals surface area contributed by atoms with Gasteiger partial charge in [-0.25, -0.2) is 4.79 Å². The molecule has 0 saturated carbocycles. The molecule has 1 aromatic heterocycles. The van der Waals surface area contributed by atoms with Crippen molar-refractivity contribution in [2.75, 3.05) is 32.1 Å². The molecule has 0 radical (unpaired) electrons. The Labute approximate surface area is 151 Å². The minimum absolute atomic E-state index is 0. The van der Waals surface area contributed by atoms with Crippen LogP contribution in [0.2, 0.25) is 0 Å². The Bertz CT molecular complexity index is 607. The highest BCUT2D eigenvalue weighted by atomic mass is 35.5. The van der Waals surface area contributed by atoms with E-state index in [-0.39, 0.29) is 30.1 Å². The zero-order valence-electron chi connectivity index (χ0n) is 13.8. The average Bonchev–Trinajstić information content (AvgIpc) is 3.14. The number of nitrogens with one attached hydrogen (secondary N) is 2. The summed E-state index contributed by atoms with van der Waals surface area (Å²) in [5.74, 6) is -1.03. The number of hydrogen-bond donors (Lipinski definition) is 2. The van der Waals surface area contributed by atoms with Crippen LogP contribution in [0.15, 0.2) is 11.4 Å². The quantitative estimate of drug-likeness (QED) is 0.725. The third-order valence-corrected chi connectivity index (χ3v) is 4.71. The molecule has 0 aliphatic carbocycles. The van der Waals surface area contributed by atoms with Crippen LogP contribution in [0, 0.1) is 5.92 Å². The number of amides is 2. The molecule has 134 valence electrons. The van der Waals surface area contributed by atoms with E-state index in [0.29, 0.717) is 30.1 Å². The monoisotopic (exact) mass is 375 g/mol. The fraction of sp³-hybridized carbons (Fsp3) is 0.533. The zero-order valence-corrected chi connectivity index (χ0v) is 15.5. The lowest BCUT2D eigenvalue weighted by Gasteiger charge is -2.18. The molecule has 2 heterocycles. The first-order chi connectivity index (χ1) is 11.0. The fourth-order valence-electron chi connectivity index (χ4n) is 2.50. The molecule has 2 unspecified atom stereocenters. The number of carbonyl (C=O) groups excluding carboxylic acids is 3. The van der Waals surface area contributed by atoms with Gasteiger partial charge in [0.15, 0.2) is 0 Å². The molecule has 9 heteroatoms. The van der Waals surface area contributed by atoms with Gasteiger partial charge in [-0.15, -0.1) is 23.7 Å². The first-order valence-corrected chi connectivity index (χ1v) is 8.29. The summed E-state index contributed by atoms with van der Waals surface area (Å²) < 4.78 is 4.73. The largest absolute Gasteiger partial charge is 0.465 e. The molecule has 7 nitrogen and oxygen atoms in total. The van der Waals surface area contributed by atoms with Crippen molar-refractivity contribution in [1.29, 1.82) is 0 Å². The number of hydrogen-bond acceptors (Lipinski definition) is 6. The second-order valence-electron chi connectivity index (χ2n) is 5.43. The molecule has 24 heavy (non-hydrogen) atoms. The summed E-state index contributed by atoms with van der Waals surface area (Å²) in [6, 6.07) is 1.09. The van der Waals surface area contributed by atoms with E-state index in [9.17, 15) is 14.4 Å². The molecule has 1 aliphatic rings. The third-order valence-electron chi connectivity index (χ3n) is 3.78. The van der Waals surface area contributed by atoms with E-state index >= 15 is 0 Å². The predicted octanol–water partition coefficient (Wildman–Crippen LogP) is 1.03. The molecule has 1 fully saturated rings. The van der Waals surface area contributed by atoms with Crippen molar-refractivity contribution in [3.05, 3.63) is 17.0 Å². The summed E-state index contributed by atoms with van der Waals surface area (Å²) in [5.41, 5.74) is 0.376. The molecule has 0 aromatic carbocycles. The van der Waals surface area contributed by atoms with E-state index in [1.807, 2.05) is 0 Å². The zero-order chi connectivity index (χ0) is 17.0. The van der Waals surface area contributed by atoms with Crippen LogP contribution in [0.25, 0.3) is 0 Å². The Hall–Kier alpha value is -1.64. The van der Waals surface area contributed by atoms with Gasteiger partial charge in [0.2, 0.25) is 11.8 Å². The van der Waals surface area contributed by atoms with E-state index in [2.05, 4.69) is 10.6 Å². The number of rotatable bonds is 6. The van der Waals surface area contributed by atoms with Gasteiger partial charge in [-0.1, -0.05) is 6.92 Å². The Balaban J connectivity index is 0.00000288. The first kappa shape index (κ1) is 20.4. The smallest absolute Gasteiger partial charge is 0.340 e. The summed E-state index contributed by atoms with van der Waals surface area (Å²) in [7, 11) is 3.08. The summed E-state index contributed by atoms with van der Waals surface area (Å²) in [6.45, 7) is 2.82. The Morgan fingerprint density at radius 3 is 2.83 bits per heavy atom. The summed E-state index contributed by atoms with van der Waals surface area (Å²) in [6.07, 6.45) is 0.523. The second-order valence-corrected chi connectivity index (χ2v) is 6.32. The van der Waals surface area contributed by atoms with Crippen molar-refractivity contribution < 1.29 is 19.1 Å². The van der Waals surface area contributed by atoms with Gasteiger partial charge in [0, 0.05) is 19.0 Å². The van der Waals surface area contributed by atoms with Gasteiger partial charge < -0.3 is 20.3 Å². The molecular formula is C15H22ClN3O4S. The second kappa shape index (κ2) is 9.00. The maximum atomic E-state index is 12.5. The maximum absolute atomic E-state index is 12.5. The Kier molecular flexibility index (Phi) is 7.65. The van der Waals surface area contributed by atoms with Crippen LogP contribution in [0.5, 0.6) is 0 Å². The van der Waals surface area contributed by atoms with E-state index in [1.165, 1.54) is 18.4 Å². The third kappa shape index (κ3) is 4.25. The van der Waals surface area contributed by atoms with Crippen LogP contribution in [0.3, 0.4) is 0 Å². The normalized spacial score (nSPS) is 18.0. The molecule has 2 atom stereocenters. The molecule has 2 N–H and O–H groups in total. The van der Waals surface area contributed by atoms with Crippen molar-refractivity contribution in [2.45, 2.75) is 19.4 Å². The van der Waals surface area contributed by atoms with Crippen LogP contribution in [0.4, 0.5) is 5.00 Å². The standard InChI is InChI=1S/C15H21N3O4S.ClH/c1-9(8-16-2)12(19)17-11-4-6-18(13(11)20)14-10(5-7-23-14)15(21)22-3;/h5,7,9,11,16H,4,6,8H2,1-3H3,(H,17,19);1H. The molecule has 2 amide bonds. The number of carbonyl (C=O) groups is 3. The lowest BCUT2D eigenvalue weighted by Crippen LogP contribution is -2.45. The Morgan fingerprint density at radius 2 is 2.21 bits per heavy atom. The summed E-state index contributed by atoms with van der Waals surface area (Å²) in [4.78, 5) is 37.9. The SMILES string of the molecule is CNCC(C)C(=O)NC1CCN(c2sccc2C(=O)OC)C1=O.Cl. The number of methoxy groups -OCH3 is 1. The van der Waals surface area contributed by atoms with Crippen LogP contribution < -0.4 is 15.5 Å². The van der Waals surface area contributed by atoms with Crippen LogP contribution in [0.1, 0.15) is 23.7 Å². The van der Waals surface area contributed by atoms with Gasteiger partial charge in [0.1, 0.15) is 11.0 Å². The van der Waals surface area contributed by atoms with E-state index in [4.69, 9.17) is 4.74 Å². The molecule has 1 aromatic rings. The number of thiophene rings is 1. The molecular weight excluding hydrogens is 354 g/mol. The van der Waals surface area contributed by atoms with Gasteiger partial charge in [-0.2, -0.15) is 0 Å². The van der Waals surface area contributed by atoms with Gasteiger partial charge in [-0.3, -0.25) is 9.59 Å². The topological polar surface area (TPSA) is 87.7 Å². The average molecular weight is 376 g/mol. The van der Waals surface area contributed by atoms with Crippen molar-refractivity contribution in [3.8, 4) is 0 Å². The molecule has 2 rings (SSSR count). The van der Waals surface area contributed by atoms with E-state index in [0.717, 1.165) is 0 Å². The Morgan fingerprint density at radius 1 is 1.50 bits per heavy atom. The number of esters is 1. The predicted molar refractivity (Wildman–Crippen MR) is 94.9 cm³/mol. The van der Waals surface area contributed by atoms with Crippen LogP contribution >= 0.6 is 23.7 Å². The van der Waals surface area contributed by atoms with Crippen molar-refractivity contribution in [2.24, 2.45) is 5.92 Å². The van der Waals surface area contributed by atoms with Gasteiger partial charge in [0.05, 0.1) is 12.7 Å². The summed E-state index contributed by atoms with van der Waals surface area (Å²) in [5, 5.41) is 8.04. The van der Waals surface area contributed by atoms with Gasteiger partial charge in [-0.05, 0) is 24.9 Å². The van der Waals surface area contributed by atoms with Gasteiger partial charge >= 0.3 is 5.97 Å². The van der Waals surface area contributed by atoms with Gasteiger partial charge in [0.25, 0.3) is 0 Å². The number of halogens is 1. The van der Waals surface area contributed by atoms with E-state index in [1.54, 1.807) is 30.3 Å². The highest BCUT2D eigenvalue weighted by Crippen LogP contribution is 2.31. The van der Waals surface area contributed by atoms with Crippen molar-refractivity contribution in [1.82, 2.24) is 10.6 Å². The van der Waals surface area contributed by atoms with Crippen LogP contribution in [-0.2, 0) is 14.3 Å². The summed E-state index contributed by atoms with van der Waals surface area (Å²) >= 11 is 1.31. The highest BCUT2D eigenvalue weighted by Gasteiger charge is 2.36. The lowest BCUT2D eigenvalue weighted by atomic mass is 10.1. The van der Waals surface area contributed by atoms with Crippen LogP contribution in [-0.4, -0.2) is 51.1 Å². The van der Waals surface area contributed by atoms with E-state index < -0.39 is 12.0 Å². The number of anilines is 1. The highest BCUT2D eigenvalue weighted by molar-refractivity contribution is 7.14. The number of nitrogens with zero attached hydrogens (tertiary/aromatic N) is 1. The fourth-order valence-corrected chi connectivity index (χ4v) is 3.42. The molecule has 0 spiro atoms. The minimum Gasteiger partial charge on any atom is -0.465 e. The number of ether oxygens (including phenoxy) is 1. The molecule has 1 aliphatic heterocycles. The first-order valence-electron chi connectivity index (χ1n) is 7.41. The lowest BCUT2D eigenvalue weighted by molar-refractivity contribution is -0.128. The molecule has 1 saturated heterocycles. The van der Waals surface area contributed by atoms with Crippen molar-refractivity contribution in [3.63, 3.8) is 0 Å². The van der Waals surface area contributed by atoms with Crippen molar-refractivity contribution >= 4 is 46.5 Å².